The van der Waals surface area contributed by atoms with E-state index in [4.69, 9.17) is 5.73 Å². The van der Waals surface area contributed by atoms with Gasteiger partial charge in [0.2, 0.25) is 5.91 Å². The number of carbonyl (C=O) groups excluding carboxylic acids is 1. The molecular formula is C10H14N2O2. The van der Waals surface area contributed by atoms with Crippen LogP contribution < -0.4 is 11.1 Å². The minimum atomic E-state index is -0.527. The number of amides is 1. The average Bonchev–Trinajstić information content (AvgIpc) is 2.16. The highest BCUT2D eigenvalue weighted by Crippen LogP contribution is 2.14. The lowest BCUT2D eigenvalue weighted by Crippen LogP contribution is -2.37. The number of nitrogens with two attached hydrogens (primary N) is 1. The van der Waals surface area contributed by atoms with Crippen molar-refractivity contribution < 1.29 is 9.90 Å². The summed E-state index contributed by atoms with van der Waals surface area (Å²) in [5, 5.41) is 12.0. The molecule has 4 nitrogen and oxygen atoms in total. The summed E-state index contributed by atoms with van der Waals surface area (Å²) in [6.07, 6.45) is 0. The standard InChI is InChI=1S/C10H14N2O2/c1-7(11)10(14)12-6-8-4-2-3-5-9(8)13/h2-5,7,13H,6,11H2,1H3,(H,12,14)/t7-/m1/s1. The Hall–Kier alpha value is -1.55. The third kappa shape index (κ3) is 2.74. The third-order valence-electron chi connectivity index (χ3n) is 1.86. The maximum absolute atomic E-state index is 11.1. The molecule has 1 amide bonds. The zero-order valence-corrected chi connectivity index (χ0v) is 8.03. The molecule has 0 aliphatic rings. The van der Waals surface area contributed by atoms with Crippen molar-refractivity contribution in [2.45, 2.75) is 19.5 Å². The van der Waals surface area contributed by atoms with Gasteiger partial charge in [-0.05, 0) is 13.0 Å². The van der Waals surface area contributed by atoms with Gasteiger partial charge >= 0.3 is 0 Å². The Morgan fingerprint density at radius 2 is 2.21 bits per heavy atom. The lowest BCUT2D eigenvalue weighted by atomic mass is 10.2. The number of benzene rings is 1. The highest BCUT2D eigenvalue weighted by molar-refractivity contribution is 5.80. The smallest absolute Gasteiger partial charge is 0.236 e. The van der Waals surface area contributed by atoms with E-state index in [0.717, 1.165) is 0 Å². The number of aromatic hydroxyl groups is 1. The molecule has 0 aliphatic carbocycles. The molecule has 1 atom stereocenters. The molecule has 0 heterocycles. The van der Waals surface area contributed by atoms with E-state index in [1.54, 1.807) is 31.2 Å². The van der Waals surface area contributed by atoms with E-state index < -0.39 is 6.04 Å². The Balaban J connectivity index is 2.54. The summed E-state index contributed by atoms with van der Waals surface area (Å²) in [6.45, 7) is 1.91. The first kappa shape index (κ1) is 10.5. The lowest BCUT2D eigenvalue weighted by Gasteiger charge is -2.08. The molecule has 1 aromatic rings. The van der Waals surface area contributed by atoms with E-state index in [1.807, 2.05) is 0 Å². The van der Waals surface area contributed by atoms with Crippen molar-refractivity contribution in [2.75, 3.05) is 0 Å². The topological polar surface area (TPSA) is 75.4 Å². The summed E-state index contributed by atoms with van der Waals surface area (Å²) in [4.78, 5) is 11.1. The van der Waals surface area contributed by atoms with Crippen LogP contribution in [0.4, 0.5) is 0 Å². The van der Waals surface area contributed by atoms with Crippen LogP contribution in [0.15, 0.2) is 24.3 Å². The van der Waals surface area contributed by atoms with Gasteiger partial charge in [-0.3, -0.25) is 4.79 Å². The van der Waals surface area contributed by atoms with Crippen LogP contribution in [0.25, 0.3) is 0 Å². The van der Waals surface area contributed by atoms with Crippen LogP contribution in [-0.2, 0) is 11.3 Å². The van der Waals surface area contributed by atoms with Crippen LogP contribution in [0.2, 0.25) is 0 Å². The minimum absolute atomic E-state index is 0.178. The van der Waals surface area contributed by atoms with Crippen molar-refractivity contribution in [3.8, 4) is 5.75 Å². The molecule has 0 radical (unpaired) electrons. The first-order valence-electron chi connectivity index (χ1n) is 4.41. The van der Waals surface area contributed by atoms with Crippen LogP contribution >= 0.6 is 0 Å². The molecule has 4 heteroatoms. The Bertz CT molecular complexity index is 324. The molecule has 0 aromatic heterocycles. The van der Waals surface area contributed by atoms with Crippen LogP contribution in [0.5, 0.6) is 5.75 Å². The SMILES string of the molecule is C[C@@H](N)C(=O)NCc1ccccc1O. The molecule has 0 fully saturated rings. The number of hydrogen-bond acceptors (Lipinski definition) is 3. The van der Waals surface area contributed by atoms with E-state index in [0.29, 0.717) is 12.1 Å². The van der Waals surface area contributed by atoms with E-state index in [9.17, 15) is 9.90 Å². The molecule has 0 saturated carbocycles. The molecule has 4 N–H and O–H groups in total. The fourth-order valence-electron chi connectivity index (χ4n) is 1.00. The van der Waals surface area contributed by atoms with Gasteiger partial charge in [-0.2, -0.15) is 0 Å². The molecule has 0 bridgehead atoms. The molecule has 1 rings (SSSR count). The lowest BCUT2D eigenvalue weighted by molar-refractivity contribution is -0.122. The number of hydrogen-bond donors (Lipinski definition) is 3. The van der Waals surface area contributed by atoms with Gasteiger partial charge in [-0.15, -0.1) is 0 Å². The summed E-state index contributed by atoms with van der Waals surface area (Å²) in [5.74, 6) is -0.0503. The Kier molecular flexibility index (Phi) is 3.48. The fourth-order valence-corrected chi connectivity index (χ4v) is 1.00. The van der Waals surface area contributed by atoms with Gasteiger partial charge in [0.15, 0.2) is 0 Å². The number of nitrogens with one attached hydrogen (secondary N) is 1. The number of carbonyl (C=O) groups is 1. The summed E-state index contributed by atoms with van der Waals surface area (Å²) in [7, 11) is 0. The molecule has 1 aromatic carbocycles. The maximum atomic E-state index is 11.1. The van der Waals surface area contributed by atoms with Gasteiger partial charge in [-0.25, -0.2) is 0 Å². The molecule has 0 aliphatic heterocycles. The van der Waals surface area contributed by atoms with E-state index >= 15 is 0 Å². The highest BCUT2D eigenvalue weighted by Gasteiger charge is 2.07. The van der Waals surface area contributed by atoms with Gasteiger partial charge in [0.25, 0.3) is 0 Å². The van der Waals surface area contributed by atoms with Crippen molar-refractivity contribution in [2.24, 2.45) is 5.73 Å². The van der Waals surface area contributed by atoms with E-state index in [2.05, 4.69) is 5.32 Å². The van der Waals surface area contributed by atoms with Crippen LogP contribution in [-0.4, -0.2) is 17.1 Å². The molecule has 0 spiro atoms. The quantitative estimate of drug-likeness (QED) is 0.650. The van der Waals surface area contributed by atoms with Gasteiger partial charge in [0.05, 0.1) is 6.04 Å². The third-order valence-corrected chi connectivity index (χ3v) is 1.86. The van der Waals surface area contributed by atoms with Crippen molar-refractivity contribution in [1.29, 1.82) is 0 Å². The molecule has 14 heavy (non-hydrogen) atoms. The highest BCUT2D eigenvalue weighted by atomic mass is 16.3. The predicted octanol–water partition coefficient (Wildman–Crippen LogP) is 0.356. The number of para-hydroxylation sites is 1. The normalized spacial score (nSPS) is 12.1. The summed E-state index contributed by atoms with van der Waals surface area (Å²) < 4.78 is 0. The van der Waals surface area contributed by atoms with Crippen molar-refractivity contribution in [3.05, 3.63) is 29.8 Å². The van der Waals surface area contributed by atoms with Crippen LogP contribution in [0.3, 0.4) is 0 Å². The van der Waals surface area contributed by atoms with Gasteiger partial charge in [-0.1, -0.05) is 18.2 Å². The first-order chi connectivity index (χ1) is 6.61. The Morgan fingerprint density at radius 3 is 2.79 bits per heavy atom. The molecule has 0 saturated heterocycles. The van der Waals surface area contributed by atoms with Crippen molar-refractivity contribution in [1.82, 2.24) is 5.32 Å². The zero-order valence-electron chi connectivity index (χ0n) is 8.03. The van der Waals surface area contributed by atoms with Gasteiger partial charge in [0.1, 0.15) is 5.75 Å². The van der Waals surface area contributed by atoms with Gasteiger partial charge in [0, 0.05) is 12.1 Å². The number of phenols is 1. The number of phenolic OH excluding ortho intramolecular Hbond substituents is 1. The maximum Gasteiger partial charge on any atom is 0.236 e. The largest absolute Gasteiger partial charge is 0.508 e. The molecule has 76 valence electrons. The summed E-state index contributed by atoms with van der Waals surface area (Å²) >= 11 is 0. The zero-order chi connectivity index (χ0) is 10.6. The molecular weight excluding hydrogens is 180 g/mol. The average molecular weight is 194 g/mol. The van der Waals surface area contributed by atoms with Crippen molar-refractivity contribution in [3.63, 3.8) is 0 Å². The number of rotatable bonds is 3. The van der Waals surface area contributed by atoms with Crippen LogP contribution in [0, 0.1) is 0 Å². The Labute approximate surface area is 82.7 Å². The van der Waals surface area contributed by atoms with E-state index in [-0.39, 0.29) is 11.7 Å². The minimum Gasteiger partial charge on any atom is -0.508 e. The first-order valence-corrected chi connectivity index (χ1v) is 4.41. The summed E-state index contributed by atoms with van der Waals surface area (Å²) in [5.41, 5.74) is 6.05. The molecule has 0 unspecified atom stereocenters. The monoisotopic (exact) mass is 194 g/mol. The fraction of sp³-hybridized carbons (Fsp3) is 0.300. The second kappa shape index (κ2) is 4.62. The second-order valence-corrected chi connectivity index (χ2v) is 3.14. The van der Waals surface area contributed by atoms with Crippen LogP contribution in [0.1, 0.15) is 12.5 Å². The Morgan fingerprint density at radius 1 is 1.57 bits per heavy atom. The van der Waals surface area contributed by atoms with E-state index in [1.165, 1.54) is 0 Å². The van der Waals surface area contributed by atoms with Crippen molar-refractivity contribution >= 4 is 5.91 Å². The predicted molar refractivity (Wildman–Crippen MR) is 53.6 cm³/mol. The second-order valence-electron chi connectivity index (χ2n) is 3.14. The summed E-state index contributed by atoms with van der Waals surface area (Å²) in [6, 6.07) is 6.32. The van der Waals surface area contributed by atoms with Gasteiger partial charge < -0.3 is 16.2 Å².